The van der Waals surface area contributed by atoms with Crippen LogP contribution in [0, 0.1) is 0 Å². The molecule has 0 unspecified atom stereocenters. The fourth-order valence-electron chi connectivity index (χ4n) is 2.02. The van der Waals surface area contributed by atoms with Crippen LogP contribution in [0.4, 0.5) is 18.9 Å². The molecule has 25 heavy (non-hydrogen) atoms. The zero-order valence-corrected chi connectivity index (χ0v) is 13.4. The summed E-state index contributed by atoms with van der Waals surface area (Å²) in [6.07, 6.45) is -3.57. The van der Waals surface area contributed by atoms with Gasteiger partial charge in [-0.25, -0.2) is 9.97 Å². The van der Waals surface area contributed by atoms with Gasteiger partial charge in [-0.3, -0.25) is 4.79 Å². The first-order chi connectivity index (χ1) is 11.8. The number of carbonyl (C=O) groups excluding carboxylic acids is 1. The molecule has 2 N–H and O–H groups in total. The van der Waals surface area contributed by atoms with Gasteiger partial charge in [0.2, 0.25) is 5.88 Å². The summed E-state index contributed by atoms with van der Waals surface area (Å²) in [5, 5.41) is 5.54. The Bertz CT molecular complexity index is 797. The topological polar surface area (TPSA) is 76.1 Å². The molecule has 3 rings (SSSR count). The molecule has 10 heteroatoms. The Hall–Kier alpha value is -2.39. The SMILES string of the molecule is O=C(Nc1ccc(C(F)(F)F)nc1OC1CNC1)c1ccnc(Cl)c1. The Morgan fingerprint density at radius 3 is 2.68 bits per heavy atom. The summed E-state index contributed by atoms with van der Waals surface area (Å²) in [6.45, 7) is 0.983. The van der Waals surface area contributed by atoms with Crippen LogP contribution in [0.1, 0.15) is 16.1 Å². The molecule has 6 nitrogen and oxygen atoms in total. The number of amides is 1. The van der Waals surface area contributed by atoms with Crippen molar-refractivity contribution in [3.63, 3.8) is 0 Å². The lowest BCUT2D eigenvalue weighted by Crippen LogP contribution is -2.50. The highest BCUT2D eigenvalue weighted by Crippen LogP contribution is 2.33. The zero-order chi connectivity index (χ0) is 18.0. The summed E-state index contributed by atoms with van der Waals surface area (Å²) in [5.74, 6) is -0.850. The summed E-state index contributed by atoms with van der Waals surface area (Å²) in [5.41, 5.74) is -0.853. The lowest BCUT2D eigenvalue weighted by Gasteiger charge is -2.28. The number of carbonyl (C=O) groups is 1. The molecule has 2 aromatic rings. The normalized spacial score (nSPS) is 14.7. The molecule has 1 aliphatic heterocycles. The monoisotopic (exact) mass is 372 g/mol. The summed E-state index contributed by atoms with van der Waals surface area (Å²) in [6, 6.07) is 4.65. The molecule has 0 bridgehead atoms. The van der Waals surface area contributed by atoms with Gasteiger partial charge < -0.3 is 15.4 Å². The van der Waals surface area contributed by atoms with Gasteiger partial charge in [-0.2, -0.15) is 13.2 Å². The molecule has 1 amide bonds. The third kappa shape index (κ3) is 4.18. The third-order valence-electron chi connectivity index (χ3n) is 3.41. The number of nitrogens with one attached hydrogen (secondary N) is 2. The van der Waals surface area contributed by atoms with E-state index in [1.807, 2.05) is 0 Å². The van der Waals surface area contributed by atoms with Gasteiger partial charge >= 0.3 is 6.18 Å². The van der Waals surface area contributed by atoms with Gasteiger partial charge in [-0.05, 0) is 24.3 Å². The minimum atomic E-state index is -4.61. The predicted molar refractivity (Wildman–Crippen MR) is 83.7 cm³/mol. The van der Waals surface area contributed by atoms with Crippen molar-refractivity contribution in [2.75, 3.05) is 18.4 Å². The molecule has 1 fully saturated rings. The van der Waals surface area contributed by atoms with Crippen molar-refractivity contribution in [1.82, 2.24) is 15.3 Å². The summed E-state index contributed by atoms with van der Waals surface area (Å²) < 4.78 is 44.0. The van der Waals surface area contributed by atoms with Crippen LogP contribution in [0.15, 0.2) is 30.5 Å². The number of aromatic nitrogens is 2. The lowest BCUT2D eigenvalue weighted by molar-refractivity contribution is -0.141. The van der Waals surface area contributed by atoms with Crippen LogP contribution >= 0.6 is 11.6 Å². The second kappa shape index (κ2) is 6.85. The van der Waals surface area contributed by atoms with E-state index < -0.39 is 17.8 Å². The molecule has 0 radical (unpaired) electrons. The van der Waals surface area contributed by atoms with Crippen molar-refractivity contribution >= 4 is 23.2 Å². The predicted octanol–water partition coefficient (Wildman–Crippen LogP) is 2.75. The molecule has 0 aromatic carbocycles. The molecule has 0 atom stereocenters. The summed E-state index contributed by atoms with van der Waals surface area (Å²) >= 11 is 5.73. The van der Waals surface area contributed by atoms with Gasteiger partial charge in [-0.1, -0.05) is 11.6 Å². The number of nitrogens with zero attached hydrogens (tertiary/aromatic N) is 2. The van der Waals surface area contributed by atoms with Crippen LogP contribution in [0.5, 0.6) is 5.88 Å². The van der Waals surface area contributed by atoms with Gasteiger partial charge in [0.1, 0.15) is 22.6 Å². The molecule has 0 spiro atoms. The van der Waals surface area contributed by atoms with Gasteiger partial charge in [0.15, 0.2) is 0 Å². The van der Waals surface area contributed by atoms with E-state index in [4.69, 9.17) is 16.3 Å². The number of hydrogen-bond donors (Lipinski definition) is 2. The second-order valence-electron chi connectivity index (χ2n) is 5.27. The number of halogens is 4. The van der Waals surface area contributed by atoms with Gasteiger partial charge in [0.25, 0.3) is 5.91 Å². The molecule has 1 aliphatic rings. The van der Waals surface area contributed by atoms with Crippen LogP contribution in [0.2, 0.25) is 5.15 Å². The molecule has 1 saturated heterocycles. The maximum absolute atomic E-state index is 12.9. The van der Waals surface area contributed by atoms with E-state index >= 15 is 0 Å². The first-order valence-corrected chi connectivity index (χ1v) is 7.59. The smallest absolute Gasteiger partial charge is 0.433 e. The number of ether oxygens (including phenoxy) is 1. The molecular weight excluding hydrogens is 361 g/mol. The van der Waals surface area contributed by atoms with Crippen molar-refractivity contribution in [1.29, 1.82) is 0 Å². The van der Waals surface area contributed by atoms with Gasteiger partial charge in [0.05, 0.1) is 0 Å². The number of anilines is 1. The van der Waals surface area contributed by atoms with Gasteiger partial charge in [-0.15, -0.1) is 0 Å². The highest BCUT2D eigenvalue weighted by molar-refractivity contribution is 6.29. The highest BCUT2D eigenvalue weighted by atomic mass is 35.5. The molecule has 132 valence electrons. The first-order valence-electron chi connectivity index (χ1n) is 7.21. The standard InChI is InChI=1S/C15H12ClF3N4O2/c16-12-5-8(3-4-21-12)13(24)22-10-1-2-11(15(17,18)19)23-14(10)25-9-6-20-7-9/h1-5,9,20H,6-7H2,(H,22,24). The van der Waals surface area contributed by atoms with Crippen molar-refractivity contribution in [3.05, 3.63) is 46.9 Å². The molecule has 3 heterocycles. The molecule has 0 aliphatic carbocycles. The molecular formula is C15H12ClF3N4O2. The maximum atomic E-state index is 12.9. The van der Waals surface area contributed by atoms with E-state index in [1.54, 1.807) is 0 Å². The van der Waals surface area contributed by atoms with Crippen molar-refractivity contribution in [2.24, 2.45) is 0 Å². The maximum Gasteiger partial charge on any atom is 0.433 e. The fraction of sp³-hybridized carbons (Fsp3) is 0.267. The quantitative estimate of drug-likeness (QED) is 0.807. The van der Waals surface area contributed by atoms with Crippen LogP contribution in [0.3, 0.4) is 0 Å². The molecule has 0 saturated carbocycles. The lowest BCUT2D eigenvalue weighted by atomic mass is 10.2. The molecule has 2 aromatic heterocycles. The second-order valence-corrected chi connectivity index (χ2v) is 5.65. The fourth-order valence-corrected chi connectivity index (χ4v) is 2.20. The van der Waals surface area contributed by atoms with Crippen molar-refractivity contribution < 1.29 is 22.7 Å². The van der Waals surface area contributed by atoms with E-state index in [9.17, 15) is 18.0 Å². The van der Waals surface area contributed by atoms with E-state index in [0.717, 1.165) is 12.1 Å². The van der Waals surface area contributed by atoms with E-state index in [1.165, 1.54) is 18.3 Å². The Kier molecular flexibility index (Phi) is 4.78. The Morgan fingerprint density at radius 2 is 2.08 bits per heavy atom. The number of alkyl halides is 3. The number of hydrogen-bond acceptors (Lipinski definition) is 5. The summed E-state index contributed by atoms with van der Waals surface area (Å²) in [7, 11) is 0. The van der Waals surface area contributed by atoms with Crippen molar-refractivity contribution in [2.45, 2.75) is 12.3 Å². The van der Waals surface area contributed by atoms with Crippen molar-refractivity contribution in [3.8, 4) is 5.88 Å². The van der Waals surface area contributed by atoms with E-state index in [2.05, 4.69) is 20.6 Å². The Balaban J connectivity index is 1.87. The van der Waals surface area contributed by atoms with Crippen LogP contribution in [-0.2, 0) is 6.18 Å². The highest BCUT2D eigenvalue weighted by Gasteiger charge is 2.34. The Labute approximate surface area is 145 Å². The minimum Gasteiger partial charge on any atom is -0.470 e. The summed E-state index contributed by atoms with van der Waals surface area (Å²) in [4.78, 5) is 19.5. The van der Waals surface area contributed by atoms with Crippen LogP contribution < -0.4 is 15.4 Å². The third-order valence-corrected chi connectivity index (χ3v) is 3.62. The van der Waals surface area contributed by atoms with E-state index in [0.29, 0.717) is 13.1 Å². The first kappa shape index (κ1) is 17.4. The zero-order valence-electron chi connectivity index (χ0n) is 12.6. The number of pyridine rings is 2. The number of rotatable bonds is 4. The largest absolute Gasteiger partial charge is 0.470 e. The Morgan fingerprint density at radius 1 is 1.32 bits per heavy atom. The average Bonchev–Trinajstić information content (AvgIpc) is 2.51. The van der Waals surface area contributed by atoms with Crippen LogP contribution in [-0.4, -0.2) is 35.1 Å². The van der Waals surface area contributed by atoms with Crippen LogP contribution in [0.25, 0.3) is 0 Å². The van der Waals surface area contributed by atoms with E-state index in [-0.39, 0.29) is 28.4 Å². The van der Waals surface area contributed by atoms with Gasteiger partial charge in [0, 0.05) is 24.8 Å². The minimum absolute atomic E-state index is 0.0397. The average molecular weight is 373 g/mol.